The Kier molecular flexibility index (Phi) is 7.88. The molecule has 0 bridgehead atoms. The van der Waals surface area contributed by atoms with E-state index in [0.29, 0.717) is 7.11 Å². The molecule has 0 amide bonds. The second-order valence-electron chi connectivity index (χ2n) is 7.87. The fourth-order valence-electron chi connectivity index (χ4n) is 3.47. The summed E-state index contributed by atoms with van der Waals surface area (Å²) in [4.78, 5) is 12.5. The first-order valence-corrected chi connectivity index (χ1v) is 9.69. The lowest BCUT2D eigenvalue weighted by atomic mass is 9.76. The summed E-state index contributed by atoms with van der Waals surface area (Å²) in [6, 6.07) is 1.53. The second-order valence-corrected chi connectivity index (χ2v) is 7.87. The summed E-state index contributed by atoms with van der Waals surface area (Å²) < 4.78 is 163. The van der Waals surface area contributed by atoms with Crippen LogP contribution in [0.4, 0.5) is 52.7 Å². The smallest absolute Gasteiger partial charge is 0.416 e. The SMILES string of the molecule is COC(=O)C(C#N)(Cc1cc(C(F)(F)F)cc(C(F)(F)F)c1)Cc1cc(C(F)(F)F)cc(C(F)(F)F)c1. The Morgan fingerprint density at radius 1 is 0.649 bits per heavy atom. The Morgan fingerprint density at radius 3 is 1.11 bits per heavy atom. The Bertz CT molecular complexity index is 1060. The lowest BCUT2D eigenvalue weighted by Gasteiger charge is -2.26. The van der Waals surface area contributed by atoms with Gasteiger partial charge in [-0.1, -0.05) is 0 Å². The lowest BCUT2D eigenvalue weighted by molar-refractivity contribution is -0.149. The molecule has 0 aliphatic heterocycles. The molecule has 0 saturated heterocycles. The van der Waals surface area contributed by atoms with Crippen molar-refractivity contribution in [2.24, 2.45) is 5.41 Å². The highest BCUT2D eigenvalue weighted by molar-refractivity contribution is 5.81. The van der Waals surface area contributed by atoms with E-state index < -0.39 is 82.3 Å². The van der Waals surface area contributed by atoms with E-state index in [1.165, 1.54) is 6.07 Å². The fourth-order valence-corrected chi connectivity index (χ4v) is 3.47. The third-order valence-electron chi connectivity index (χ3n) is 5.10. The minimum atomic E-state index is -5.31. The van der Waals surface area contributed by atoms with Crippen LogP contribution in [0.2, 0.25) is 0 Å². The highest BCUT2D eigenvalue weighted by Crippen LogP contribution is 2.41. The zero-order valence-corrected chi connectivity index (χ0v) is 18.2. The molecule has 3 nitrogen and oxygen atoms in total. The van der Waals surface area contributed by atoms with Gasteiger partial charge in [0.1, 0.15) is 0 Å². The number of carbonyl (C=O) groups is 1. The van der Waals surface area contributed by atoms with Gasteiger partial charge in [-0.25, -0.2) is 0 Å². The summed E-state index contributed by atoms with van der Waals surface area (Å²) in [5, 5.41) is 9.68. The van der Waals surface area contributed by atoms with Crippen LogP contribution in [0.3, 0.4) is 0 Å². The zero-order chi connectivity index (χ0) is 28.6. The summed E-state index contributed by atoms with van der Waals surface area (Å²) in [6.07, 6.45) is -23.8. The van der Waals surface area contributed by atoms with E-state index in [1.807, 2.05) is 0 Å². The quantitative estimate of drug-likeness (QED) is 0.291. The lowest BCUT2D eigenvalue weighted by Crippen LogP contribution is -2.36. The highest BCUT2D eigenvalue weighted by atomic mass is 19.4. The number of ether oxygens (including phenoxy) is 1. The molecular weight excluding hydrogens is 538 g/mol. The topological polar surface area (TPSA) is 50.1 Å². The van der Waals surface area contributed by atoms with Crippen LogP contribution < -0.4 is 0 Å². The number of rotatable bonds is 5. The standard InChI is InChI=1S/C22H13F12NO2/c1-37-17(36)18(10-35,8-11-2-13(19(23,24)25)6-14(3-11)20(26,27)28)9-12-4-15(21(29,30)31)7-16(5-12)22(32,33)34/h2-7H,8-9H2,1H3. The van der Waals surface area contributed by atoms with Crippen molar-refractivity contribution in [3.63, 3.8) is 0 Å². The predicted molar refractivity (Wildman–Crippen MR) is 100 cm³/mol. The van der Waals surface area contributed by atoms with Crippen molar-refractivity contribution >= 4 is 5.97 Å². The fraction of sp³-hybridized carbons (Fsp3) is 0.364. The molecule has 0 radical (unpaired) electrons. The van der Waals surface area contributed by atoms with E-state index in [0.717, 1.165) is 0 Å². The molecule has 2 rings (SSSR count). The monoisotopic (exact) mass is 551 g/mol. The number of halogens is 12. The molecule has 0 aliphatic rings. The summed E-state index contributed by atoms with van der Waals surface area (Å²) in [6.45, 7) is 0. The number of methoxy groups -OCH3 is 1. The van der Waals surface area contributed by atoms with Gasteiger partial charge in [0.05, 0.1) is 35.4 Å². The van der Waals surface area contributed by atoms with Crippen LogP contribution in [0.15, 0.2) is 36.4 Å². The Labute approximate surface area is 200 Å². The maximum absolute atomic E-state index is 13.2. The van der Waals surface area contributed by atoms with Crippen LogP contribution in [-0.4, -0.2) is 13.1 Å². The number of carbonyl (C=O) groups excluding carboxylic acids is 1. The number of hydrogen-bond donors (Lipinski definition) is 0. The molecule has 0 atom stereocenters. The minimum absolute atomic E-state index is 0.178. The van der Waals surface area contributed by atoms with Gasteiger partial charge in [-0.05, 0) is 47.5 Å². The highest BCUT2D eigenvalue weighted by Gasteiger charge is 2.44. The summed E-state index contributed by atoms with van der Waals surface area (Å²) >= 11 is 0. The van der Waals surface area contributed by atoms with Crippen LogP contribution in [-0.2, 0) is 47.1 Å². The van der Waals surface area contributed by atoms with Crippen LogP contribution in [0.25, 0.3) is 0 Å². The van der Waals surface area contributed by atoms with Gasteiger partial charge in [0.25, 0.3) is 0 Å². The maximum Gasteiger partial charge on any atom is 0.416 e. The molecule has 0 spiro atoms. The summed E-state index contributed by atoms with van der Waals surface area (Å²) in [5.74, 6) is -1.60. The van der Waals surface area contributed by atoms with Gasteiger partial charge in [-0.3, -0.25) is 4.79 Å². The molecule has 2 aromatic rings. The number of nitriles is 1. The molecule has 0 heterocycles. The molecule has 202 valence electrons. The normalized spacial score (nSPS) is 13.3. The number of benzene rings is 2. The van der Waals surface area contributed by atoms with Crippen molar-refractivity contribution in [3.8, 4) is 6.07 Å². The molecule has 0 fully saturated rings. The third-order valence-corrected chi connectivity index (χ3v) is 5.10. The van der Waals surface area contributed by atoms with Crippen molar-refractivity contribution < 1.29 is 62.2 Å². The minimum Gasteiger partial charge on any atom is -0.468 e. The number of nitrogens with zero attached hydrogens (tertiary/aromatic N) is 1. The second kappa shape index (κ2) is 9.79. The molecule has 2 aromatic carbocycles. The van der Waals surface area contributed by atoms with Gasteiger partial charge in [0.2, 0.25) is 0 Å². The van der Waals surface area contributed by atoms with Crippen molar-refractivity contribution in [2.45, 2.75) is 37.5 Å². The van der Waals surface area contributed by atoms with Crippen molar-refractivity contribution in [1.82, 2.24) is 0 Å². The number of alkyl halides is 12. The van der Waals surface area contributed by atoms with Crippen molar-refractivity contribution in [1.29, 1.82) is 5.26 Å². The van der Waals surface area contributed by atoms with E-state index in [4.69, 9.17) is 0 Å². The average Bonchev–Trinajstić information content (AvgIpc) is 2.75. The number of esters is 1. The van der Waals surface area contributed by atoms with Gasteiger partial charge in [0.15, 0.2) is 5.41 Å². The molecular formula is C22H13F12NO2. The molecule has 0 aromatic heterocycles. The van der Waals surface area contributed by atoms with Crippen LogP contribution in [0.5, 0.6) is 0 Å². The van der Waals surface area contributed by atoms with Gasteiger partial charge in [-0.2, -0.15) is 57.9 Å². The van der Waals surface area contributed by atoms with E-state index in [9.17, 15) is 62.7 Å². The first kappa shape index (κ1) is 29.8. The Hall–Kier alpha value is -3.44. The molecule has 0 saturated carbocycles. The molecule has 37 heavy (non-hydrogen) atoms. The van der Waals surface area contributed by atoms with Gasteiger partial charge < -0.3 is 4.74 Å². The largest absolute Gasteiger partial charge is 0.468 e. The average molecular weight is 551 g/mol. The third kappa shape index (κ3) is 7.07. The van der Waals surface area contributed by atoms with Gasteiger partial charge >= 0.3 is 30.7 Å². The molecule has 15 heteroatoms. The van der Waals surface area contributed by atoms with E-state index in [1.54, 1.807) is 0 Å². The first-order valence-electron chi connectivity index (χ1n) is 9.69. The van der Waals surface area contributed by atoms with Gasteiger partial charge in [0, 0.05) is 12.8 Å². The van der Waals surface area contributed by atoms with Crippen LogP contribution in [0, 0.1) is 16.7 Å². The summed E-state index contributed by atoms with van der Waals surface area (Å²) in [5.41, 5.74) is -11.8. The van der Waals surface area contributed by atoms with Gasteiger partial charge in [-0.15, -0.1) is 0 Å². The van der Waals surface area contributed by atoms with Crippen LogP contribution in [0.1, 0.15) is 33.4 Å². The Morgan fingerprint density at radius 2 is 0.919 bits per heavy atom. The molecule has 0 unspecified atom stereocenters. The maximum atomic E-state index is 13.2. The summed E-state index contributed by atoms with van der Waals surface area (Å²) in [7, 11) is 0.662. The first-order chi connectivity index (χ1) is 16.6. The molecule has 0 N–H and O–H groups in total. The van der Waals surface area contributed by atoms with E-state index >= 15 is 0 Å². The Balaban J connectivity index is 2.73. The van der Waals surface area contributed by atoms with E-state index in [-0.39, 0.29) is 36.4 Å². The van der Waals surface area contributed by atoms with E-state index in [2.05, 4.69) is 4.74 Å². The molecule has 0 aliphatic carbocycles. The van der Waals surface area contributed by atoms with Crippen LogP contribution >= 0.6 is 0 Å². The van der Waals surface area contributed by atoms with Crippen molar-refractivity contribution in [3.05, 3.63) is 69.8 Å². The van der Waals surface area contributed by atoms with Crippen molar-refractivity contribution in [2.75, 3.05) is 7.11 Å². The zero-order valence-electron chi connectivity index (χ0n) is 18.2. The number of hydrogen-bond acceptors (Lipinski definition) is 3. The predicted octanol–water partition coefficient (Wildman–Crippen LogP) is 7.23.